The number of ether oxygens (including phenoxy) is 1. The molecule has 1 saturated heterocycles. The van der Waals surface area contributed by atoms with Crippen LogP contribution in [-0.4, -0.2) is 23.6 Å². The van der Waals surface area contributed by atoms with Crippen LogP contribution in [0.15, 0.2) is 0 Å². The summed E-state index contributed by atoms with van der Waals surface area (Å²) in [6.45, 7) is 3.78. The van der Waals surface area contributed by atoms with Crippen molar-refractivity contribution in [1.82, 2.24) is 0 Å². The predicted octanol–water partition coefficient (Wildman–Crippen LogP) is 1.30. The summed E-state index contributed by atoms with van der Waals surface area (Å²) in [7, 11) is 1.59. The molecule has 0 aromatic heterocycles. The number of methoxy groups -OCH3 is 1. The van der Waals surface area contributed by atoms with E-state index in [1.54, 1.807) is 18.9 Å². The highest BCUT2D eigenvalue weighted by molar-refractivity contribution is 8.01. The summed E-state index contributed by atoms with van der Waals surface area (Å²) in [5.74, 6) is 1.28. The zero-order valence-corrected chi connectivity index (χ0v) is 7.33. The first-order valence-corrected chi connectivity index (χ1v) is 4.32. The van der Waals surface area contributed by atoms with E-state index in [-0.39, 0.29) is 11.7 Å². The number of Topliss-reactive ketones (excluding diaryl/α,β-unsaturated/α-hetero) is 1. The van der Waals surface area contributed by atoms with Gasteiger partial charge in [-0.05, 0) is 6.92 Å². The quantitative estimate of drug-likeness (QED) is 0.578. The minimum atomic E-state index is -0.556. The smallest absolute Gasteiger partial charge is 0.178 e. The Morgan fingerprint density at radius 3 is 2.60 bits per heavy atom. The van der Waals surface area contributed by atoms with Crippen LogP contribution in [0.5, 0.6) is 0 Å². The number of carbonyl (C=O) groups is 1. The third kappa shape index (κ3) is 1.08. The first-order chi connectivity index (χ1) is 4.60. The van der Waals surface area contributed by atoms with Gasteiger partial charge in [0.2, 0.25) is 0 Å². The van der Waals surface area contributed by atoms with Crippen molar-refractivity contribution in [3.63, 3.8) is 0 Å². The maximum atomic E-state index is 11.3. The number of ketones is 1. The van der Waals surface area contributed by atoms with Crippen LogP contribution in [0, 0.1) is 5.92 Å². The second-order valence-electron chi connectivity index (χ2n) is 2.73. The molecule has 0 aliphatic carbocycles. The lowest BCUT2D eigenvalue weighted by Gasteiger charge is -2.18. The van der Waals surface area contributed by atoms with Gasteiger partial charge in [0.05, 0.1) is 0 Å². The minimum Gasteiger partial charge on any atom is -0.360 e. The van der Waals surface area contributed by atoms with Crippen LogP contribution in [0.25, 0.3) is 0 Å². The molecule has 58 valence electrons. The molecule has 0 aromatic carbocycles. The molecule has 1 fully saturated rings. The van der Waals surface area contributed by atoms with E-state index < -0.39 is 4.93 Å². The Hall–Kier alpha value is -0.0200. The Morgan fingerprint density at radius 2 is 2.40 bits per heavy atom. The molecule has 1 rings (SSSR count). The van der Waals surface area contributed by atoms with Gasteiger partial charge >= 0.3 is 0 Å². The molecule has 0 amide bonds. The first-order valence-electron chi connectivity index (χ1n) is 3.33. The summed E-state index contributed by atoms with van der Waals surface area (Å²) in [6, 6.07) is 0. The lowest BCUT2D eigenvalue weighted by atomic mass is 10.1. The maximum absolute atomic E-state index is 11.3. The number of rotatable bonds is 1. The Balaban J connectivity index is 2.73. The molecule has 3 heteroatoms. The number of carbonyl (C=O) groups excluding carboxylic acids is 1. The SMILES string of the molecule is COC1(C)SCC(C)C1=O. The normalized spacial score (nSPS) is 40.7. The van der Waals surface area contributed by atoms with Crippen molar-refractivity contribution < 1.29 is 9.53 Å². The second kappa shape index (κ2) is 2.55. The van der Waals surface area contributed by atoms with Crippen molar-refractivity contribution in [1.29, 1.82) is 0 Å². The van der Waals surface area contributed by atoms with Crippen LogP contribution in [0.4, 0.5) is 0 Å². The molecule has 2 atom stereocenters. The highest BCUT2D eigenvalue weighted by atomic mass is 32.2. The predicted molar refractivity (Wildman–Crippen MR) is 42.0 cm³/mol. The molecular weight excluding hydrogens is 148 g/mol. The van der Waals surface area contributed by atoms with E-state index in [0.29, 0.717) is 0 Å². The Kier molecular flexibility index (Phi) is 2.06. The lowest BCUT2D eigenvalue weighted by Crippen LogP contribution is -2.31. The lowest BCUT2D eigenvalue weighted by molar-refractivity contribution is -0.132. The summed E-state index contributed by atoms with van der Waals surface area (Å²) >= 11 is 1.59. The topological polar surface area (TPSA) is 26.3 Å². The highest BCUT2D eigenvalue weighted by Crippen LogP contribution is 2.38. The summed E-state index contributed by atoms with van der Waals surface area (Å²) in [5, 5.41) is 0. The van der Waals surface area contributed by atoms with Crippen LogP contribution >= 0.6 is 11.8 Å². The van der Waals surface area contributed by atoms with Gasteiger partial charge in [0.1, 0.15) is 0 Å². The standard InChI is InChI=1S/C7H12O2S/c1-5-4-10-7(2,9-3)6(5)8/h5H,4H2,1-3H3. The van der Waals surface area contributed by atoms with E-state index in [2.05, 4.69) is 0 Å². The molecule has 2 unspecified atom stereocenters. The number of hydrogen-bond acceptors (Lipinski definition) is 3. The van der Waals surface area contributed by atoms with Crippen molar-refractivity contribution in [2.75, 3.05) is 12.9 Å². The highest BCUT2D eigenvalue weighted by Gasteiger charge is 2.42. The Labute approximate surface area is 65.3 Å². The van der Waals surface area contributed by atoms with E-state index in [0.717, 1.165) is 5.75 Å². The van der Waals surface area contributed by atoms with Crippen molar-refractivity contribution in [2.24, 2.45) is 5.92 Å². The van der Waals surface area contributed by atoms with E-state index in [1.165, 1.54) is 0 Å². The van der Waals surface area contributed by atoms with Gasteiger partial charge in [-0.1, -0.05) is 6.92 Å². The van der Waals surface area contributed by atoms with Crippen molar-refractivity contribution in [2.45, 2.75) is 18.8 Å². The van der Waals surface area contributed by atoms with E-state index in [1.807, 2.05) is 13.8 Å². The summed E-state index contributed by atoms with van der Waals surface area (Å²) < 4.78 is 5.09. The maximum Gasteiger partial charge on any atom is 0.178 e. The van der Waals surface area contributed by atoms with Gasteiger partial charge in [0.15, 0.2) is 10.7 Å². The molecule has 0 spiro atoms. The van der Waals surface area contributed by atoms with Gasteiger partial charge in [0.25, 0.3) is 0 Å². The third-order valence-electron chi connectivity index (χ3n) is 1.89. The van der Waals surface area contributed by atoms with Crippen LogP contribution in [0.1, 0.15) is 13.8 Å². The van der Waals surface area contributed by atoms with Gasteiger partial charge in [-0.2, -0.15) is 0 Å². The Bertz CT molecular complexity index is 158. The molecule has 0 aromatic rings. The molecule has 1 aliphatic rings. The number of thioether (sulfide) groups is 1. The van der Waals surface area contributed by atoms with Crippen LogP contribution in [0.2, 0.25) is 0 Å². The van der Waals surface area contributed by atoms with Gasteiger partial charge < -0.3 is 4.74 Å². The zero-order chi connectivity index (χ0) is 7.78. The average Bonchev–Trinajstić information content (AvgIpc) is 2.19. The minimum absolute atomic E-state index is 0.162. The van der Waals surface area contributed by atoms with Gasteiger partial charge in [-0.3, -0.25) is 4.79 Å². The molecule has 0 N–H and O–H groups in total. The van der Waals surface area contributed by atoms with E-state index >= 15 is 0 Å². The number of hydrogen-bond donors (Lipinski definition) is 0. The average molecular weight is 160 g/mol. The van der Waals surface area contributed by atoms with Crippen LogP contribution in [0.3, 0.4) is 0 Å². The fourth-order valence-corrected chi connectivity index (χ4v) is 2.22. The second-order valence-corrected chi connectivity index (χ2v) is 4.13. The molecule has 0 bridgehead atoms. The Morgan fingerprint density at radius 1 is 1.80 bits per heavy atom. The molecule has 2 nitrogen and oxygen atoms in total. The fourth-order valence-electron chi connectivity index (χ4n) is 1.04. The zero-order valence-electron chi connectivity index (χ0n) is 6.51. The van der Waals surface area contributed by atoms with Gasteiger partial charge in [0, 0.05) is 18.8 Å². The molecular formula is C7H12O2S. The third-order valence-corrected chi connectivity index (χ3v) is 3.48. The van der Waals surface area contributed by atoms with Crippen LogP contribution < -0.4 is 0 Å². The van der Waals surface area contributed by atoms with Gasteiger partial charge in [-0.25, -0.2) is 0 Å². The molecule has 0 saturated carbocycles. The van der Waals surface area contributed by atoms with Gasteiger partial charge in [-0.15, -0.1) is 11.8 Å². The van der Waals surface area contributed by atoms with E-state index in [4.69, 9.17) is 4.74 Å². The van der Waals surface area contributed by atoms with E-state index in [9.17, 15) is 4.79 Å². The summed E-state index contributed by atoms with van der Waals surface area (Å²) in [6.07, 6.45) is 0. The molecule has 0 radical (unpaired) electrons. The van der Waals surface area contributed by atoms with Crippen molar-refractivity contribution in [3.8, 4) is 0 Å². The molecule has 10 heavy (non-hydrogen) atoms. The van der Waals surface area contributed by atoms with Crippen molar-refractivity contribution >= 4 is 17.5 Å². The largest absolute Gasteiger partial charge is 0.360 e. The summed E-state index contributed by atoms with van der Waals surface area (Å²) in [5.41, 5.74) is 0. The fraction of sp³-hybridized carbons (Fsp3) is 0.857. The first kappa shape index (κ1) is 8.08. The van der Waals surface area contributed by atoms with Crippen molar-refractivity contribution in [3.05, 3.63) is 0 Å². The molecule has 1 heterocycles. The van der Waals surface area contributed by atoms with Crippen LogP contribution in [-0.2, 0) is 9.53 Å². The monoisotopic (exact) mass is 160 g/mol. The molecule has 1 aliphatic heterocycles. The summed E-state index contributed by atoms with van der Waals surface area (Å²) in [4.78, 5) is 10.8.